The molecule has 1 aromatic heterocycles. The molecular formula is C12H17N3O3S. The molecular weight excluding hydrogens is 266 g/mol. The van der Waals surface area contributed by atoms with Gasteiger partial charge in [0.1, 0.15) is 6.61 Å². The van der Waals surface area contributed by atoms with Crippen LogP contribution in [0.1, 0.15) is 37.5 Å². The van der Waals surface area contributed by atoms with Crippen molar-refractivity contribution in [2.24, 2.45) is 11.8 Å². The first-order chi connectivity index (χ1) is 9.20. The van der Waals surface area contributed by atoms with Crippen LogP contribution in [0.2, 0.25) is 0 Å². The lowest BCUT2D eigenvalue weighted by Gasteiger charge is -2.20. The topological polar surface area (TPSA) is 88.2 Å². The molecule has 0 amide bonds. The summed E-state index contributed by atoms with van der Waals surface area (Å²) in [6.07, 6.45) is 4.86. The van der Waals surface area contributed by atoms with Crippen LogP contribution in [0.5, 0.6) is 0 Å². The predicted molar refractivity (Wildman–Crippen MR) is 68.8 cm³/mol. The second-order valence-electron chi connectivity index (χ2n) is 5.27. The van der Waals surface area contributed by atoms with Crippen LogP contribution in [0.25, 0.3) is 0 Å². The van der Waals surface area contributed by atoms with Gasteiger partial charge in [-0.15, -0.1) is 10.2 Å². The fraction of sp³-hybridized carbons (Fsp3) is 0.750. The van der Waals surface area contributed by atoms with E-state index >= 15 is 0 Å². The number of aromatic nitrogens is 3. The third-order valence-corrected chi connectivity index (χ3v) is 4.64. The van der Waals surface area contributed by atoms with Crippen LogP contribution in [0.4, 0.5) is 0 Å². The number of hydrogen-bond donors (Lipinski definition) is 2. The van der Waals surface area contributed by atoms with E-state index in [9.17, 15) is 9.90 Å². The number of aliphatic hydroxyl groups is 1. The van der Waals surface area contributed by atoms with Gasteiger partial charge in [-0.1, -0.05) is 11.8 Å². The smallest absolute Gasteiger partial charge is 0.313 e. The number of thioether (sulfide) groups is 1. The highest BCUT2D eigenvalue weighted by molar-refractivity contribution is 7.99. The zero-order chi connectivity index (χ0) is 13.4. The summed E-state index contributed by atoms with van der Waals surface area (Å²) < 4.78 is 2.00. The van der Waals surface area contributed by atoms with Crippen LogP contribution in [-0.2, 0) is 11.4 Å². The average molecular weight is 283 g/mol. The van der Waals surface area contributed by atoms with E-state index in [2.05, 4.69) is 10.2 Å². The van der Waals surface area contributed by atoms with E-state index in [1.165, 1.54) is 37.4 Å². The molecule has 0 saturated heterocycles. The van der Waals surface area contributed by atoms with Crippen molar-refractivity contribution in [1.29, 1.82) is 0 Å². The van der Waals surface area contributed by atoms with Gasteiger partial charge in [0.2, 0.25) is 0 Å². The van der Waals surface area contributed by atoms with E-state index in [0.29, 0.717) is 28.9 Å². The number of carbonyl (C=O) groups is 1. The molecule has 3 rings (SSSR count). The van der Waals surface area contributed by atoms with Gasteiger partial charge in [0.15, 0.2) is 11.0 Å². The highest BCUT2D eigenvalue weighted by atomic mass is 32.2. The summed E-state index contributed by atoms with van der Waals surface area (Å²) in [7, 11) is 0. The van der Waals surface area contributed by atoms with Crippen molar-refractivity contribution in [3.63, 3.8) is 0 Å². The molecule has 6 nitrogen and oxygen atoms in total. The molecule has 0 aromatic carbocycles. The molecule has 104 valence electrons. The fourth-order valence-corrected chi connectivity index (χ4v) is 3.34. The van der Waals surface area contributed by atoms with Crippen molar-refractivity contribution >= 4 is 17.7 Å². The summed E-state index contributed by atoms with van der Waals surface area (Å²) in [5.41, 5.74) is 0. The molecule has 2 N–H and O–H groups in total. The number of rotatable bonds is 7. The molecule has 0 radical (unpaired) electrons. The summed E-state index contributed by atoms with van der Waals surface area (Å²) in [6.45, 7) is -0.142. The van der Waals surface area contributed by atoms with Crippen LogP contribution in [0.15, 0.2) is 5.16 Å². The maximum atomic E-state index is 10.7. The Balaban J connectivity index is 1.87. The Morgan fingerprint density at radius 2 is 1.95 bits per heavy atom. The van der Waals surface area contributed by atoms with Gasteiger partial charge in [-0.3, -0.25) is 4.79 Å². The number of nitrogens with zero attached hydrogens (tertiary/aromatic N) is 3. The zero-order valence-electron chi connectivity index (χ0n) is 10.5. The summed E-state index contributed by atoms with van der Waals surface area (Å²) >= 11 is 1.19. The molecule has 2 saturated carbocycles. The third-order valence-electron chi connectivity index (χ3n) is 3.71. The highest BCUT2D eigenvalue weighted by Gasteiger charge is 2.44. The van der Waals surface area contributed by atoms with Gasteiger partial charge in [0.05, 0.1) is 5.75 Å². The molecule has 2 aliphatic rings. The Kier molecular flexibility index (Phi) is 3.49. The summed E-state index contributed by atoms with van der Waals surface area (Å²) in [4.78, 5) is 10.7. The van der Waals surface area contributed by atoms with Gasteiger partial charge in [-0.2, -0.15) is 0 Å². The molecule has 1 heterocycles. The summed E-state index contributed by atoms with van der Waals surface area (Å²) in [5.74, 6) is 0.984. The van der Waals surface area contributed by atoms with Gasteiger partial charge in [-0.25, -0.2) is 0 Å². The van der Waals surface area contributed by atoms with E-state index in [-0.39, 0.29) is 12.4 Å². The molecule has 0 bridgehead atoms. The number of aliphatic carboxylic acids is 1. The largest absolute Gasteiger partial charge is 0.481 e. The molecule has 19 heavy (non-hydrogen) atoms. The Labute approximate surface area is 115 Å². The number of carboxylic acid groups (broad SMARTS) is 1. The minimum atomic E-state index is -0.862. The van der Waals surface area contributed by atoms with Gasteiger partial charge < -0.3 is 14.8 Å². The quantitative estimate of drug-likeness (QED) is 0.733. The van der Waals surface area contributed by atoms with Crippen molar-refractivity contribution in [2.75, 3.05) is 5.75 Å². The monoisotopic (exact) mass is 283 g/mol. The highest BCUT2D eigenvalue weighted by Crippen LogP contribution is 2.53. The first kappa shape index (κ1) is 12.9. The number of carboxylic acids is 1. The Bertz CT molecular complexity index is 471. The van der Waals surface area contributed by atoms with Crippen LogP contribution < -0.4 is 0 Å². The van der Waals surface area contributed by atoms with E-state index in [1.54, 1.807) is 0 Å². The standard InChI is InChI=1S/C12H17N3O3S/c16-5-9-13-14-12(19-6-10(17)18)15(9)11(7-1-2-7)8-3-4-8/h7-8,11,16H,1-6H2,(H,17,18). The maximum Gasteiger partial charge on any atom is 0.313 e. The average Bonchev–Trinajstić information content (AvgIpc) is 3.27. The van der Waals surface area contributed by atoms with E-state index in [1.807, 2.05) is 4.57 Å². The van der Waals surface area contributed by atoms with Crippen LogP contribution in [0, 0.1) is 11.8 Å². The lowest BCUT2D eigenvalue weighted by Crippen LogP contribution is -2.18. The molecule has 7 heteroatoms. The SMILES string of the molecule is O=C(O)CSc1nnc(CO)n1C(C1CC1)C1CC1. The van der Waals surface area contributed by atoms with Crippen LogP contribution in [-0.4, -0.2) is 36.7 Å². The minimum Gasteiger partial charge on any atom is -0.481 e. The summed E-state index contributed by atoms with van der Waals surface area (Å²) in [5, 5.41) is 26.9. The molecule has 0 atom stereocenters. The van der Waals surface area contributed by atoms with Gasteiger partial charge in [0, 0.05) is 6.04 Å². The minimum absolute atomic E-state index is 0.0222. The fourth-order valence-electron chi connectivity index (χ4n) is 2.62. The molecule has 2 fully saturated rings. The van der Waals surface area contributed by atoms with Gasteiger partial charge >= 0.3 is 5.97 Å². The van der Waals surface area contributed by atoms with Crippen molar-refractivity contribution in [2.45, 2.75) is 43.5 Å². The first-order valence-corrected chi connectivity index (χ1v) is 7.58. The lowest BCUT2D eigenvalue weighted by atomic mass is 10.1. The van der Waals surface area contributed by atoms with Gasteiger partial charge in [-0.05, 0) is 37.5 Å². The Morgan fingerprint density at radius 1 is 1.32 bits per heavy atom. The lowest BCUT2D eigenvalue weighted by molar-refractivity contribution is -0.133. The molecule has 0 unspecified atom stereocenters. The van der Waals surface area contributed by atoms with Crippen molar-refractivity contribution in [1.82, 2.24) is 14.8 Å². The Hall–Kier alpha value is -1.08. The normalized spacial score (nSPS) is 19.1. The van der Waals surface area contributed by atoms with Gasteiger partial charge in [0.25, 0.3) is 0 Å². The number of hydrogen-bond acceptors (Lipinski definition) is 5. The third kappa shape index (κ3) is 2.76. The second kappa shape index (κ2) is 5.13. The number of aliphatic hydroxyl groups excluding tert-OH is 1. The molecule has 0 aliphatic heterocycles. The molecule has 2 aliphatic carbocycles. The van der Waals surface area contributed by atoms with E-state index in [4.69, 9.17) is 5.11 Å². The van der Waals surface area contributed by atoms with E-state index in [0.717, 1.165) is 0 Å². The maximum absolute atomic E-state index is 10.7. The van der Waals surface area contributed by atoms with Crippen LogP contribution in [0.3, 0.4) is 0 Å². The van der Waals surface area contributed by atoms with Crippen molar-refractivity contribution < 1.29 is 15.0 Å². The van der Waals surface area contributed by atoms with Crippen LogP contribution >= 0.6 is 11.8 Å². The second-order valence-corrected chi connectivity index (χ2v) is 6.22. The summed E-state index contributed by atoms with van der Waals surface area (Å²) in [6, 6.07) is 0.355. The van der Waals surface area contributed by atoms with Crippen molar-refractivity contribution in [3.05, 3.63) is 5.82 Å². The molecule has 1 aromatic rings. The van der Waals surface area contributed by atoms with Crippen molar-refractivity contribution in [3.8, 4) is 0 Å². The Morgan fingerprint density at radius 3 is 2.42 bits per heavy atom. The predicted octanol–water partition coefficient (Wildman–Crippen LogP) is 1.31. The molecule has 0 spiro atoms. The zero-order valence-corrected chi connectivity index (χ0v) is 11.3. The first-order valence-electron chi connectivity index (χ1n) is 6.60. The van der Waals surface area contributed by atoms with E-state index < -0.39 is 5.97 Å².